The molecule has 0 spiro atoms. The molecule has 0 saturated heterocycles. The Labute approximate surface area is 125 Å². The molecule has 21 heavy (non-hydrogen) atoms. The van der Waals surface area contributed by atoms with Crippen LogP contribution in [-0.4, -0.2) is 34.1 Å². The average Bonchev–Trinajstić information content (AvgIpc) is 2.33. The van der Waals surface area contributed by atoms with Crippen molar-refractivity contribution in [2.75, 3.05) is 11.9 Å². The molecular weight excluding hydrogens is 268 g/mol. The molecule has 0 saturated carbocycles. The number of aryl methyl sites for hydroxylation is 1. The van der Waals surface area contributed by atoms with Gasteiger partial charge < -0.3 is 15.3 Å². The van der Waals surface area contributed by atoms with Gasteiger partial charge in [-0.25, -0.2) is 9.59 Å². The summed E-state index contributed by atoms with van der Waals surface area (Å²) in [6.45, 7) is 11.4. The Hall–Kier alpha value is -2.30. The van der Waals surface area contributed by atoms with Crippen LogP contribution < -0.4 is 5.32 Å². The number of amides is 2. The predicted octanol–water partition coefficient (Wildman–Crippen LogP) is 3.51. The van der Waals surface area contributed by atoms with E-state index in [4.69, 9.17) is 0 Å². The standard InChI is InChI=1S/C16H22N2O3/c1-6-10-18(16(3,4)5)15(21)17-12-9-7-8-11(2)13(12)14(19)20/h6-9H,1,10H2,2-5H3,(H,17,21)(H,19,20). The first-order valence-corrected chi connectivity index (χ1v) is 6.71. The molecule has 0 bridgehead atoms. The Balaban J connectivity index is 3.10. The van der Waals surface area contributed by atoms with E-state index >= 15 is 0 Å². The largest absolute Gasteiger partial charge is 0.478 e. The molecule has 0 heterocycles. The number of rotatable bonds is 4. The number of nitrogens with zero attached hydrogens (tertiary/aromatic N) is 1. The van der Waals surface area contributed by atoms with Gasteiger partial charge in [-0.05, 0) is 39.3 Å². The minimum absolute atomic E-state index is 0.110. The molecule has 5 nitrogen and oxygen atoms in total. The number of aromatic carboxylic acids is 1. The molecule has 0 radical (unpaired) electrons. The Morgan fingerprint density at radius 2 is 2.00 bits per heavy atom. The highest BCUT2D eigenvalue weighted by atomic mass is 16.4. The third kappa shape index (κ3) is 4.08. The number of carboxylic acids is 1. The van der Waals surface area contributed by atoms with E-state index in [0.29, 0.717) is 17.8 Å². The van der Waals surface area contributed by atoms with Crippen molar-refractivity contribution in [2.24, 2.45) is 0 Å². The maximum atomic E-state index is 12.4. The van der Waals surface area contributed by atoms with E-state index in [9.17, 15) is 14.7 Å². The van der Waals surface area contributed by atoms with Gasteiger partial charge in [0.1, 0.15) is 0 Å². The molecule has 1 rings (SSSR count). The fourth-order valence-corrected chi connectivity index (χ4v) is 2.03. The number of hydrogen-bond donors (Lipinski definition) is 2. The fourth-order valence-electron chi connectivity index (χ4n) is 2.03. The lowest BCUT2D eigenvalue weighted by Crippen LogP contribution is -2.47. The maximum Gasteiger partial charge on any atom is 0.338 e. The molecule has 5 heteroatoms. The summed E-state index contributed by atoms with van der Waals surface area (Å²) < 4.78 is 0. The second-order valence-corrected chi connectivity index (χ2v) is 5.80. The van der Waals surface area contributed by atoms with E-state index in [1.807, 2.05) is 20.8 Å². The van der Waals surface area contributed by atoms with E-state index in [-0.39, 0.29) is 11.6 Å². The van der Waals surface area contributed by atoms with E-state index in [2.05, 4.69) is 11.9 Å². The molecule has 0 aliphatic heterocycles. The summed E-state index contributed by atoms with van der Waals surface area (Å²) in [6, 6.07) is 4.65. The maximum absolute atomic E-state index is 12.4. The number of anilines is 1. The second kappa shape index (κ2) is 6.43. The molecule has 0 aliphatic carbocycles. The molecule has 0 fully saturated rings. The summed E-state index contributed by atoms with van der Waals surface area (Å²) in [5.74, 6) is -1.06. The van der Waals surface area contributed by atoms with Gasteiger partial charge in [-0.1, -0.05) is 18.2 Å². The molecule has 2 amide bonds. The van der Waals surface area contributed by atoms with Crippen LogP contribution in [0.4, 0.5) is 10.5 Å². The number of urea groups is 1. The number of hydrogen-bond acceptors (Lipinski definition) is 2. The van der Waals surface area contributed by atoms with Crippen LogP contribution in [-0.2, 0) is 0 Å². The molecule has 0 aliphatic rings. The van der Waals surface area contributed by atoms with Gasteiger partial charge in [-0.2, -0.15) is 0 Å². The van der Waals surface area contributed by atoms with Crippen LogP contribution in [0, 0.1) is 6.92 Å². The highest BCUT2D eigenvalue weighted by molar-refractivity contribution is 6.01. The first-order valence-electron chi connectivity index (χ1n) is 6.71. The normalized spacial score (nSPS) is 10.9. The quantitative estimate of drug-likeness (QED) is 0.834. The summed E-state index contributed by atoms with van der Waals surface area (Å²) in [5.41, 5.74) is 0.612. The summed E-state index contributed by atoms with van der Waals surface area (Å²) in [5, 5.41) is 12.0. The SMILES string of the molecule is C=CCN(C(=O)Nc1cccc(C)c1C(=O)O)C(C)(C)C. The molecular formula is C16H22N2O3. The van der Waals surface area contributed by atoms with Crippen LogP contribution in [0.5, 0.6) is 0 Å². The first kappa shape index (κ1) is 16.8. The first-order chi connectivity index (χ1) is 9.68. The summed E-state index contributed by atoms with van der Waals surface area (Å²) in [6.07, 6.45) is 1.64. The zero-order chi connectivity index (χ0) is 16.2. The van der Waals surface area contributed by atoms with E-state index in [0.717, 1.165) is 0 Å². The van der Waals surface area contributed by atoms with Crippen molar-refractivity contribution in [3.05, 3.63) is 42.0 Å². The van der Waals surface area contributed by atoms with Crippen molar-refractivity contribution >= 4 is 17.7 Å². The molecule has 2 N–H and O–H groups in total. The van der Waals surface area contributed by atoms with Gasteiger partial charge in [0.25, 0.3) is 0 Å². The van der Waals surface area contributed by atoms with Crippen molar-refractivity contribution in [3.8, 4) is 0 Å². The van der Waals surface area contributed by atoms with Crippen LogP contribution >= 0.6 is 0 Å². The third-order valence-corrected chi connectivity index (χ3v) is 3.09. The van der Waals surface area contributed by atoms with Crippen LogP contribution in [0.2, 0.25) is 0 Å². The van der Waals surface area contributed by atoms with Gasteiger partial charge >= 0.3 is 12.0 Å². The van der Waals surface area contributed by atoms with Gasteiger partial charge in [0, 0.05) is 12.1 Å². The molecule has 0 atom stereocenters. The Bertz CT molecular complexity index is 559. The predicted molar refractivity (Wildman–Crippen MR) is 83.8 cm³/mol. The lowest BCUT2D eigenvalue weighted by molar-refractivity contribution is 0.0697. The zero-order valence-corrected chi connectivity index (χ0v) is 12.9. The van der Waals surface area contributed by atoms with E-state index < -0.39 is 11.5 Å². The topological polar surface area (TPSA) is 69.6 Å². The molecule has 1 aromatic rings. The van der Waals surface area contributed by atoms with Gasteiger partial charge in [-0.15, -0.1) is 6.58 Å². The minimum Gasteiger partial charge on any atom is -0.478 e. The lowest BCUT2D eigenvalue weighted by atomic mass is 10.1. The van der Waals surface area contributed by atoms with Crippen molar-refractivity contribution in [1.82, 2.24) is 4.90 Å². The van der Waals surface area contributed by atoms with Gasteiger partial charge in [0.05, 0.1) is 11.3 Å². The van der Waals surface area contributed by atoms with Crippen molar-refractivity contribution in [1.29, 1.82) is 0 Å². The van der Waals surface area contributed by atoms with Crippen molar-refractivity contribution in [2.45, 2.75) is 33.2 Å². The number of carbonyl (C=O) groups excluding carboxylic acids is 1. The smallest absolute Gasteiger partial charge is 0.338 e. The average molecular weight is 290 g/mol. The summed E-state index contributed by atoms with van der Waals surface area (Å²) in [4.78, 5) is 25.3. The second-order valence-electron chi connectivity index (χ2n) is 5.80. The van der Waals surface area contributed by atoms with Crippen LogP contribution in [0.15, 0.2) is 30.9 Å². The van der Waals surface area contributed by atoms with Crippen molar-refractivity contribution < 1.29 is 14.7 Å². The van der Waals surface area contributed by atoms with E-state index in [1.165, 1.54) is 0 Å². The third-order valence-electron chi connectivity index (χ3n) is 3.09. The van der Waals surface area contributed by atoms with E-state index in [1.54, 1.807) is 36.1 Å². The highest BCUT2D eigenvalue weighted by Crippen LogP contribution is 2.21. The van der Waals surface area contributed by atoms with Crippen LogP contribution in [0.1, 0.15) is 36.7 Å². The number of nitrogens with one attached hydrogen (secondary N) is 1. The zero-order valence-electron chi connectivity index (χ0n) is 12.9. The number of benzene rings is 1. The number of carboxylic acid groups (broad SMARTS) is 1. The summed E-state index contributed by atoms with van der Waals surface area (Å²) >= 11 is 0. The Morgan fingerprint density at radius 1 is 1.38 bits per heavy atom. The van der Waals surface area contributed by atoms with Crippen LogP contribution in [0.3, 0.4) is 0 Å². The van der Waals surface area contributed by atoms with Crippen molar-refractivity contribution in [3.63, 3.8) is 0 Å². The minimum atomic E-state index is -1.06. The Kier molecular flexibility index (Phi) is 5.13. The van der Waals surface area contributed by atoms with Gasteiger partial charge in [0.2, 0.25) is 0 Å². The lowest BCUT2D eigenvalue weighted by Gasteiger charge is -2.35. The molecule has 0 aromatic heterocycles. The summed E-state index contributed by atoms with van der Waals surface area (Å²) in [7, 11) is 0. The molecule has 1 aromatic carbocycles. The Morgan fingerprint density at radius 3 is 2.48 bits per heavy atom. The monoisotopic (exact) mass is 290 g/mol. The fraction of sp³-hybridized carbons (Fsp3) is 0.375. The highest BCUT2D eigenvalue weighted by Gasteiger charge is 2.26. The molecule has 0 unspecified atom stereocenters. The van der Waals surface area contributed by atoms with Crippen LogP contribution in [0.25, 0.3) is 0 Å². The molecule has 114 valence electrons. The van der Waals surface area contributed by atoms with Gasteiger partial charge in [-0.3, -0.25) is 0 Å². The van der Waals surface area contributed by atoms with Gasteiger partial charge in [0.15, 0.2) is 0 Å². The number of carbonyl (C=O) groups is 2.